The molecule has 0 spiro atoms. The molecule has 2 aliphatic rings. The highest BCUT2D eigenvalue weighted by molar-refractivity contribution is 7.99. The van der Waals surface area contributed by atoms with Crippen LogP contribution < -0.4 is 15.5 Å². The monoisotopic (exact) mass is 410 g/mol. The van der Waals surface area contributed by atoms with Crippen molar-refractivity contribution in [1.29, 1.82) is 0 Å². The number of rotatable bonds is 4. The predicted molar refractivity (Wildman–Crippen MR) is 119 cm³/mol. The molecule has 0 aliphatic carbocycles. The van der Waals surface area contributed by atoms with Crippen molar-refractivity contribution < 1.29 is 9.59 Å². The van der Waals surface area contributed by atoms with Crippen LogP contribution in [0.3, 0.4) is 0 Å². The summed E-state index contributed by atoms with van der Waals surface area (Å²) in [7, 11) is 0. The van der Waals surface area contributed by atoms with Gasteiger partial charge in [-0.3, -0.25) is 9.59 Å². The van der Waals surface area contributed by atoms with Gasteiger partial charge in [0.15, 0.2) is 0 Å². The molecule has 0 radical (unpaired) electrons. The Hall–Kier alpha value is -2.51. The third-order valence-electron chi connectivity index (χ3n) is 5.41. The average molecular weight is 411 g/mol. The van der Waals surface area contributed by atoms with Crippen molar-refractivity contribution >= 4 is 40.6 Å². The van der Waals surface area contributed by atoms with Gasteiger partial charge in [-0.25, -0.2) is 0 Å². The molecule has 2 aliphatic heterocycles. The molecule has 29 heavy (non-hydrogen) atoms. The number of likely N-dealkylation sites (N-methyl/N-ethyl adjacent to an activating group) is 1. The fourth-order valence-corrected chi connectivity index (χ4v) is 4.58. The van der Waals surface area contributed by atoms with Crippen molar-refractivity contribution in [1.82, 2.24) is 4.90 Å². The molecule has 0 saturated carbocycles. The van der Waals surface area contributed by atoms with Crippen LogP contribution in [0.5, 0.6) is 0 Å². The molecule has 2 aromatic carbocycles. The Bertz CT molecular complexity index is 892. The summed E-state index contributed by atoms with van der Waals surface area (Å²) in [5.41, 5.74) is 3.20. The summed E-state index contributed by atoms with van der Waals surface area (Å²) in [6.45, 7) is 7.52. The van der Waals surface area contributed by atoms with Crippen LogP contribution in [-0.2, 0) is 4.79 Å². The van der Waals surface area contributed by atoms with Crippen LogP contribution in [0.2, 0.25) is 0 Å². The summed E-state index contributed by atoms with van der Waals surface area (Å²) >= 11 is 1.63. The molecule has 2 amide bonds. The summed E-state index contributed by atoms with van der Waals surface area (Å²) in [5, 5.41) is 5.84. The lowest BCUT2D eigenvalue weighted by Gasteiger charge is -2.35. The fraction of sp³-hybridized carbons (Fsp3) is 0.364. The maximum absolute atomic E-state index is 12.7. The van der Waals surface area contributed by atoms with Crippen molar-refractivity contribution in [3.8, 4) is 0 Å². The molecule has 1 fully saturated rings. The summed E-state index contributed by atoms with van der Waals surface area (Å²) in [5.74, 6) is 0.564. The largest absolute Gasteiger partial charge is 0.369 e. The molecule has 152 valence electrons. The predicted octanol–water partition coefficient (Wildman–Crippen LogP) is 3.52. The second-order valence-electron chi connectivity index (χ2n) is 7.28. The summed E-state index contributed by atoms with van der Waals surface area (Å²) in [6, 6.07) is 13.5. The topological polar surface area (TPSA) is 64.7 Å². The van der Waals surface area contributed by atoms with E-state index in [0.29, 0.717) is 17.7 Å². The van der Waals surface area contributed by atoms with Gasteiger partial charge in [-0.05, 0) is 49.0 Å². The molecule has 6 nitrogen and oxygen atoms in total. The Morgan fingerprint density at radius 2 is 1.86 bits per heavy atom. The molecular formula is C22H26N4O2S. The number of nitrogens with zero attached hydrogens (tertiary/aromatic N) is 2. The first-order valence-electron chi connectivity index (χ1n) is 10.1. The van der Waals surface area contributed by atoms with Gasteiger partial charge >= 0.3 is 0 Å². The van der Waals surface area contributed by atoms with Gasteiger partial charge in [0.2, 0.25) is 5.91 Å². The van der Waals surface area contributed by atoms with Crippen molar-refractivity contribution in [2.75, 3.05) is 54.0 Å². The molecule has 0 aromatic heterocycles. The smallest absolute Gasteiger partial charge is 0.255 e. The van der Waals surface area contributed by atoms with E-state index in [1.807, 2.05) is 18.2 Å². The van der Waals surface area contributed by atoms with Crippen LogP contribution >= 0.6 is 11.8 Å². The van der Waals surface area contributed by atoms with Crippen molar-refractivity contribution in [2.45, 2.75) is 18.2 Å². The number of carbonyl (C=O) groups excluding carboxylic acids is 2. The number of amides is 2. The summed E-state index contributed by atoms with van der Waals surface area (Å²) in [4.78, 5) is 30.3. The standard InChI is InChI=1S/C22H26N4O2S/c1-2-25-10-12-26(13-11-25)18-6-4-17(5-7-18)23-22(28)16-3-8-20-19(15-16)24-21(27)9-14-29-20/h3-8,15H,2,9-14H2,1H3,(H,23,28)(H,24,27). The van der Waals surface area contributed by atoms with E-state index < -0.39 is 0 Å². The van der Waals surface area contributed by atoms with Crippen LogP contribution in [0.1, 0.15) is 23.7 Å². The normalized spacial score (nSPS) is 17.3. The number of fused-ring (bicyclic) bond motifs is 1. The zero-order chi connectivity index (χ0) is 20.2. The fourth-order valence-electron chi connectivity index (χ4n) is 3.64. The van der Waals surface area contributed by atoms with Crippen molar-refractivity contribution in [3.05, 3.63) is 48.0 Å². The van der Waals surface area contributed by atoms with Gasteiger partial charge in [0.25, 0.3) is 5.91 Å². The van der Waals surface area contributed by atoms with Crippen LogP contribution in [0.15, 0.2) is 47.4 Å². The number of nitrogens with one attached hydrogen (secondary N) is 2. The number of carbonyl (C=O) groups is 2. The van der Waals surface area contributed by atoms with E-state index in [9.17, 15) is 9.59 Å². The molecule has 2 heterocycles. The molecule has 0 unspecified atom stereocenters. The third-order valence-corrected chi connectivity index (χ3v) is 6.49. The zero-order valence-electron chi connectivity index (χ0n) is 16.6. The maximum Gasteiger partial charge on any atom is 0.255 e. The molecule has 7 heteroatoms. The van der Waals surface area contributed by atoms with Gasteiger partial charge in [0.1, 0.15) is 0 Å². The Morgan fingerprint density at radius 1 is 1.10 bits per heavy atom. The van der Waals surface area contributed by atoms with Gasteiger partial charge in [0, 0.05) is 60.2 Å². The van der Waals surface area contributed by atoms with E-state index in [2.05, 4.69) is 39.5 Å². The van der Waals surface area contributed by atoms with Crippen LogP contribution in [0.25, 0.3) is 0 Å². The van der Waals surface area contributed by atoms with Crippen LogP contribution in [-0.4, -0.2) is 55.2 Å². The van der Waals surface area contributed by atoms with Gasteiger partial charge < -0.3 is 20.4 Å². The van der Waals surface area contributed by atoms with E-state index in [1.165, 1.54) is 5.69 Å². The highest BCUT2D eigenvalue weighted by Gasteiger charge is 2.17. The lowest BCUT2D eigenvalue weighted by molar-refractivity contribution is -0.115. The van der Waals surface area contributed by atoms with Gasteiger partial charge in [-0.1, -0.05) is 6.92 Å². The average Bonchev–Trinajstić information content (AvgIpc) is 2.94. The van der Waals surface area contributed by atoms with E-state index in [-0.39, 0.29) is 11.8 Å². The van der Waals surface area contributed by atoms with Crippen LogP contribution in [0, 0.1) is 0 Å². The molecular weight excluding hydrogens is 384 g/mol. The van der Waals surface area contributed by atoms with E-state index in [4.69, 9.17) is 0 Å². The Kier molecular flexibility index (Phi) is 6.06. The second kappa shape index (κ2) is 8.88. The minimum absolute atomic E-state index is 0.0100. The lowest BCUT2D eigenvalue weighted by Crippen LogP contribution is -2.46. The van der Waals surface area contributed by atoms with Crippen molar-refractivity contribution in [3.63, 3.8) is 0 Å². The zero-order valence-corrected chi connectivity index (χ0v) is 17.4. The summed E-state index contributed by atoms with van der Waals surface area (Å²) < 4.78 is 0. The number of benzene rings is 2. The van der Waals surface area contributed by atoms with Gasteiger partial charge in [-0.15, -0.1) is 11.8 Å². The Morgan fingerprint density at radius 3 is 2.59 bits per heavy atom. The SMILES string of the molecule is CCN1CCN(c2ccc(NC(=O)c3ccc4c(c3)NC(=O)CCS4)cc2)CC1. The first kappa shape index (κ1) is 19.8. The first-order chi connectivity index (χ1) is 14.1. The number of hydrogen-bond acceptors (Lipinski definition) is 5. The van der Waals surface area contributed by atoms with E-state index >= 15 is 0 Å². The molecule has 2 N–H and O–H groups in total. The Balaban J connectivity index is 1.40. The lowest BCUT2D eigenvalue weighted by atomic mass is 10.1. The quantitative estimate of drug-likeness (QED) is 0.808. The maximum atomic E-state index is 12.7. The van der Waals surface area contributed by atoms with Crippen LogP contribution in [0.4, 0.5) is 17.1 Å². The molecule has 0 atom stereocenters. The van der Waals surface area contributed by atoms with Gasteiger partial charge in [0.05, 0.1) is 5.69 Å². The molecule has 0 bridgehead atoms. The number of piperazine rings is 1. The highest BCUT2D eigenvalue weighted by Crippen LogP contribution is 2.31. The first-order valence-corrected chi connectivity index (χ1v) is 11.1. The highest BCUT2D eigenvalue weighted by atomic mass is 32.2. The molecule has 2 aromatic rings. The molecule has 1 saturated heterocycles. The minimum Gasteiger partial charge on any atom is -0.369 e. The number of anilines is 3. The summed E-state index contributed by atoms with van der Waals surface area (Å²) in [6.07, 6.45) is 0.487. The number of hydrogen-bond donors (Lipinski definition) is 2. The van der Waals surface area contributed by atoms with E-state index in [1.54, 1.807) is 23.9 Å². The number of thioether (sulfide) groups is 1. The third kappa shape index (κ3) is 4.74. The van der Waals surface area contributed by atoms with Gasteiger partial charge in [-0.2, -0.15) is 0 Å². The second-order valence-corrected chi connectivity index (χ2v) is 8.42. The van der Waals surface area contributed by atoms with E-state index in [0.717, 1.165) is 49.1 Å². The molecule has 4 rings (SSSR count). The minimum atomic E-state index is -0.180. The Labute approximate surface area is 175 Å². The van der Waals surface area contributed by atoms with Crippen molar-refractivity contribution in [2.24, 2.45) is 0 Å².